The highest BCUT2D eigenvalue weighted by Gasteiger charge is 2.31. The van der Waals surface area contributed by atoms with E-state index in [9.17, 15) is 43.2 Å². The summed E-state index contributed by atoms with van der Waals surface area (Å²) in [5, 5.41) is 10.7. The summed E-state index contributed by atoms with van der Waals surface area (Å²) in [4.78, 5) is 73.4. The Balaban J connectivity index is 5.26. The molecule has 17 nitrogen and oxygen atoms in total. The van der Waals surface area contributed by atoms with Gasteiger partial charge in [-0.25, -0.2) is 9.13 Å². The lowest BCUT2D eigenvalue weighted by molar-refractivity contribution is -0.161. The Morgan fingerprint density at radius 3 is 0.697 bits per heavy atom. The van der Waals surface area contributed by atoms with Gasteiger partial charge in [-0.3, -0.25) is 37.3 Å². The standard InChI is InChI=1S/C90H176O17P2/c1-8-11-12-13-14-15-16-17-18-19-23-26-33-38-43-52-59-66-74-90(95)107-86(78-101-88(93)72-65-58-51-46-45-49-56-63-70-83(7)10-3)80-105-109(98,99)103-76-84(91)75-102-108(96,97)104-79-85(77-100-87(92)71-64-57-50-42-37-32-29-28-31-36-41-48-55-62-69-82(6)9-2)106-89(94)73-67-60-53-44-39-34-27-24-21-20-22-25-30-35-40-47-54-61-68-81(4)5/h81-86,91H,8-80H2,1-7H3,(H,96,97)(H,98,99)/t82?,83?,84-,85-,86-/m1/s1. The number of carbonyl (C=O) groups is 4. The molecule has 0 aromatic carbocycles. The van der Waals surface area contributed by atoms with Crippen LogP contribution in [0.15, 0.2) is 0 Å². The lowest BCUT2D eigenvalue weighted by atomic mass is 9.99. The molecule has 0 spiro atoms. The van der Waals surface area contributed by atoms with Gasteiger partial charge in [-0.1, -0.05) is 427 Å². The van der Waals surface area contributed by atoms with E-state index in [1.807, 2.05) is 0 Å². The largest absolute Gasteiger partial charge is 0.472 e. The molecule has 0 aromatic rings. The van der Waals surface area contributed by atoms with Gasteiger partial charge in [0.25, 0.3) is 0 Å². The Morgan fingerprint density at radius 2 is 0.468 bits per heavy atom. The minimum atomic E-state index is -4.97. The van der Waals surface area contributed by atoms with Gasteiger partial charge in [0.15, 0.2) is 12.2 Å². The van der Waals surface area contributed by atoms with Gasteiger partial charge in [0.1, 0.15) is 19.3 Å². The first kappa shape index (κ1) is 107. The highest BCUT2D eigenvalue weighted by molar-refractivity contribution is 7.47. The van der Waals surface area contributed by atoms with Crippen molar-refractivity contribution >= 4 is 39.5 Å². The lowest BCUT2D eigenvalue weighted by Gasteiger charge is -2.21. The van der Waals surface area contributed by atoms with Crippen molar-refractivity contribution < 1.29 is 80.2 Å². The van der Waals surface area contributed by atoms with Crippen molar-refractivity contribution in [1.29, 1.82) is 0 Å². The van der Waals surface area contributed by atoms with E-state index in [4.69, 9.17) is 37.0 Å². The summed E-state index contributed by atoms with van der Waals surface area (Å²) in [5.41, 5.74) is 0. The summed E-state index contributed by atoms with van der Waals surface area (Å²) >= 11 is 0. The molecule has 3 N–H and O–H groups in total. The Labute approximate surface area is 670 Å². The molecule has 0 rings (SSSR count). The van der Waals surface area contributed by atoms with Gasteiger partial charge >= 0.3 is 39.5 Å². The predicted molar refractivity (Wildman–Crippen MR) is 451 cm³/mol. The predicted octanol–water partition coefficient (Wildman–Crippen LogP) is 27.6. The molecular weight excluding hydrogens is 1410 g/mol. The summed E-state index contributed by atoms with van der Waals surface area (Å²) < 4.78 is 69.1. The molecule has 0 amide bonds. The zero-order valence-electron chi connectivity index (χ0n) is 72.0. The fourth-order valence-corrected chi connectivity index (χ4v) is 15.6. The van der Waals surface area contributed by atoms with E-state index in [2.05, 4.69) is 48.5 Å². The van der Waals surface area contributed by atoms with Crippen LogP contribution in [-0.2, 0) is 65.4 Å². The van der Waals surface area contributed by atoms with Crippen LogP contribution in [0.2, 0.25) is 0 Å². The molecule has 19 heteroatoms. The number of carbonyl (C=O) groups excluding carboxylic acids is 4. The number of hydrogen-bond acceptors (Lipinski definition) is 15. The van der Waals surface area contributed by atoms with Gasteiger partial charge in [-0.15, -0.1) is 0 Å². The zero-order valence-corrected chi connectivity index (χ0v) is 73.8. The fourth-order valence-electron chi connectivity index (χ4n) is 14.0. The minimum absolute atomic E-state index is 0.108. The van der Waals surface area contributed by atoms with Crippen LogP contribution in [0.1, 0.15) is 479 Å². The number of esters is 4. The van der Waals surface area contributed by atoms with Crippen molar-refractivity contribution in [1.82, 2.24) is 0 Å². The van der Waals surface area contributed by atoms with Gasteiger partial charge in [0, 0.05) is 25.7 Å². The van der Waals surface area contributed by atoms with E-state index in [0.717, 1.165) is 108 Å². The number of ether oxygens (including phenoxy) is 4. The first-order valence-corrected chi connectivity index (χ1v) is 49.4. The first-order chi connectivity index (χ1) is 52.8. The lowest BCUT2D eigenvalue weighted by Crippen LogP contribution is -2.30. The molecule has 0 heterocycles. The third-order valence-electron chi connectivity index (χ3n) is 21.9. The molecule has 0 aromatic heterocycles. The van der Waals surface area contributed by atoms with Crippen molar-refractivity contribution in [2.24, 2.45) is 17.8 Å². The van der Waals surface area contributed by atoms with Crippen molar-refractivity contribution in [2.75, 3.05) is 39.6 Å². The zero-order chi connectivity index (χ0) is 80.0. The molecule has 0 saturated heterocycles. The smallest absolute Gasteiger partial charge is 0.462 e. The number of phosphoric ester groups is 2. The number of hydrogen-bond donors (Lipinski definition) is 3. The maximum Gasteiger partial charge on any atom is 0.472 e. The van der Waals surface area contributed by atoms with E-state index in [1.165, 1.54) is 289 Å². The van der Waals surface area contributed by atoms with Crippen molar-refractivity contribution in [3.63, 3.8) is 0 Å². The number of unbranched alkanes of at least 4 members (excludes halogenated alkanes) is 54. The van der Waals surface area contributed by atoms with Crippen LogP contribution < -0.4 is 0 Å². The quantitative estimate of drug-likeness (QED) is 0.0222. The van der Waals surface area contributed by atoms with E-state index < -0.39 is 97.5 Å². The van der Waals surface area contributed by atoms with E-state index in [1.54, 1.807) is 0 Å². The van der Waals surface area contributed by atoms with Crippen molar-refractivity contribution in [3.8, 4) is 0 Å². The van der Waals surface area contributed by atoms with Crippen LogP contribution in [0.5, 0.6) is 0 Å². The summed E-state index contributed by atoms with van der Waals surface area (Å²) in [6.07, 6.45) is 72.1. The maximum atomic E-state index is 13.2. The second-order valence-electron chi connectivity index (χ2n) is 33.3. The molecule has 0 bridgehead atoms. The minimum Gasteiger partial charge on any atom is -0.462 e. The van der Waals surface area contributed by atoms with Gasteiger partial charge in [0.2, 0.25) is 0 Å². The third kappa shape index (κ3) is 81.0. The molecular formula is C90H176O17P2. The molecule has 0 aliphatic carbocycles. The topological polar surface area (TPSA) is 237 Å². The Kier molecular flexibility index (Phi) is 78.5. The molecule has 0 radical (unpaired) electrons. The van der Waals surface area contributed by atoms with Crippen LogP contribution in [-0.4, -0.2) is 96.7 Å². The summed E-state index contributed by atoms with van der Waals surface area (Å²) in [7, 11) is -9.94. The molecule has 4 unspecified atom stereocenters. The Bertz CT molecular complexity index is 2100. The van der Waals surface area contributed by atoms with E-state index in [-0.39, 0.29) is 25.7 Å². The monoisotopic (exact) mass is 1590 g/mol. The maximum absolute atomic E-state index is 13.2. The van der Waals surface area contributed by atoms with Gasteiger partial charge in [-0.2, -0.15) is 0 Å². The van der Waals surface area contributed by atoms with Crippen molar-refractivity contribution in [3.05, 3.63) is 0 Å². The molecule has 7 atom stereocenters. The average molecular weight is 1590 g/mol. The number of rotatable bonds is 88. The van der Waals surface area contributed by atoms with Crippen molar-refractivity contribution in [2.45, 2.75) is 497 Å². The molecule has 0 aliphatic heterocycles. The molecule has 0 fully saturated rings. The summed E-state index contributed by atoms with van der Waals surface area (Å²) in [6, 6.07) is 0. The fraction of sp³-hybridized carbons (Fsp3) is 0.956. The summed E-state index contributed by atoms with van der Waals surface area (Å²) in [5.74, 6) is 0.349. The number of aliphatic hydroxyl groups is 1. The first-order valence-electron chi connectivity index (χ1n) is 46.4. The third-order valence-corrected chi connectivity index (χ3v) is 23.8. The van der Waals surface area contributed by atoms with Crippen LogP contribution in [0, 0.1) is 17.8 Å². The van der Waals surface area contributed by atoms with Crippen LogP contribution >= 0.6 is 15.6 Å². The highest BCUT2D eigenvalue weighted by atomic mass is 31.2. The normalized spacial score (nSPS) is 14.3. The van der Waals surface area contributed by atoms with Crippen LogP contribution in [0.4, 0.5) is 0 Å². The Morgan fingerprint density at radius 1 is 0.266 bits per heavy atom. The second-order valence-corrected chi connectivity index (χ2v) is 36.2. The van der Waals surface area contributed by atoms with Crippen LogP contribution in [0.25, 0.3) is 0 Å². The van der Waals surface area contributed by atoms with E-state index in [0.29, 0.717) is 25.7 Å². The second kappa shape index (κ2) is 79.9. The number of aliphatic hydroxyl groups excluding tert-OH is 1. The highest BCUT2D eigenvalue weighted by Crippen LogP contribution is 2.45. The van der Waals surface area contributed by atoms with E-state index >= 15 is 0 Å². The van der Waals surface area contributed by atoms with Gasteiger partial charge in [0.05, 0.1) is 26.4 Å². The molecule has 648 valence electrons. The summed E-state index contributed by atoms with van der Waals surface area (Å²) in [6.45, 7) is 12.1. The van der Waals surface area contributed by atoms with Crippen LogP contribution in [0.3, 0.4) is 0 Å². The average Bonchev–Trinajstić information content (AvgIpc) is 0.904. The Hall–Kier alpha value is -1.94. The molecule has 109 heavy (non-hydrogen) atoms. The van der Waals surface area contributed by atoms with Gasteiger partial charge in [-0.05, 0) is 43.4 Å². The SMILES string of the molecule is CCCCCCCCCCCCCCCCCCCCC(=O)O[C@H](COC(=O)CCCCCCCCCCC(C)CC)COP(=O)(O)OC[C@H](O)COP(=O)(O)OC[C@@H](COC(=O)CCCCCCCCCCCCCCCCC(C)CC)OC(=O)CCCCCCCCCCCCCCCCCCCCC(C)C. The number of phosphoric acid groups is 2. The molecule has 0 aliphatic rings. The molecule has 0 saturated carbocycles. The van der Waals surface area contributed by atoms with Gasteiger partial charge < -0.3 is 33.8 Å².